The average molecular weight is 661 g/mol. The van der Waals surface area contributed by atoms with Crippen molar-refractivity contribution in [3.63, 3.8) is 0 Å². The van der Waals surface area contributed by atoms with E-state index < -0.39 is 11.9 Å². The van der Waals surface area contributed by atoms with Gasteiger partial charge in [-0.3, -0.25) is 0 Å². The fraction of sp³-hybridized carbons (Fsp3) is 0.512. The zero-order valence-corrected chi connectivity index (χ0v) is 29.1. The van der Waals surface area contributed by atoms with E-state index in [-0.39, 0.29) is 17.7 Å². The van der Waals surface area contributed by atoms with Gasteiger partial charge in [-0.15, -0.1) is 0 Å². The smallest absolute Gasteiger partial charge is 0.336 e. The number of aromatic carboxylic acids is 2. The van der Waals surface area contributed by atoms with Crippen LogP contribution in [0.2, 0.25) is 0 Å². The maximum absolute atomic E-state index is 12.1. The van der Waals surface area contributed by atoms with Crippen molar-refractivity contribution in [3.05, 3.63) is 77.4 Å². The van der Waals surface area contributed by atoms with Gasteiger partial charge in [0, 0.05) is 5.56 Å². The zero-order chi connectivity index (χ0) is 34.4. The second-order valence-electron chi connectivity index (χ2n) is 12.6. The van der Waals surface area contributed by atoms with Crippen molar-refractivity contribution >= 4 is 11.9 Å². The van der Waals surface area contributed by atoms with Gasteiger partial charge in [-0.25, -0.2) is 9.59 Å². The average Bonchev–Trinajstić information content (AvgIpc) is 3.09. The van der Waals surface area contributed by atoms with Crippen LogP contribution >= 0.6 is 0 Å². The Labute approximate surface area is 287 Å². The molecule has 0 aromatic heterocycles. The van der Waals surface area contributed by atoms with Crippen molar-refractivity contribution in [2.75, 3.05) is 13.2 Å². The van der Waals surface area contributed by atoms with Crippen LogP contribution in [0.25, 0.3) is 11.1 Å². The Morgan fingerprint density at radius 3 is 1.69 bits per heavy atom. The monoisotopic (exact) mass is 660 g/mol. The van der Waals surface area contributed by atoms with Crippen LogP contribution in [0, 0.1) is 0 Å². The molecule has 0 bridgehead atoms. The van der Waals surface area contributed by atoms with Crippen LogP contribution in [0.1, 0.15) is 143 Å². The number of carboxylic acids is 2. The number of carboxylic acid groups (broad SMARTS) is 2. The summed E-state index contributed by atoms with van der Waals surface area (Å²) >= 11 is 0. The molecular weight excluding hydrogens is 604 g/mol. The van der Waals surface area contributed by atoms with Crippen LogP contribution in [0.5, 0.6) is 17.2 Å². The summed E-state index contributed by atoms with van der Waals surface area (Å²) in [4.78, 5) is 23.8. The Morgan fingerprint density at radius 1 is 0.542 bits per heavy atom. The standard InChI is InChI=1S/C41H56O7/c1-3-5-7-9-11-13-15-17-27-46-36-26-25-32(29-38(36)47-28-18-16-14-12-10-8-6-4-2)31-48-37-24-20-23-35(41(44)45)39(37)33-21-19-22-34(30-33)40(42)43/h19-26,29-30H,3-18,27-28,31H2,1-2H3,(H,42,43)(H,44,45). The van der Waals surface area contributed by atoms with Crippen LogP contribution < -0.4 is 14.2 Å². The van der Waals surface area contributed by atoms with E-state index in [0.29, 0.717) is 35.8 Å². The number of hydrogen-bond donors (Lipinski definition) is 2. The third-order valence-corrected chi connectivity index (χ3v) is 8.57. The third kappa shape index (κ3) is 13.6. The lowest BCUT2D eigenvalue weighted by atomic mass is 9.97. The Kier molecular flexibility index (Phi) is 18.1. The first-order valence-corrected chi connectivity index (χ1v) is 18.2. The molecule has 0 unspecified atom stereocenters. The minimum Gasteiger partial charge on any atom is -0.490 e. The Bertz CT molecular complexity index is 1380. The topological polar surface area (TPSA) is 102 Å². The highest BCUT2D eigenvalue weighted by molar-refractivity contribution is 5.99. The first-order chi connectivity index (χ1) is 23.4. The van der Waals surface area contributed by atoms with Crippen molar-refractivity contribution in [1.29, 1.82) is 0 Å². The summed E-state index contributed by atoms with van der Waals surface area (Å²) in [5.74, 6) is -0.441. The summed E-state index contributed by atoms with van der Waals surface area (Å²) in [7, 11) is 0. The SMILES string of the molecule is CCCCCCCCCCOc1ccc(COc2cccc(C(=O)O)c2-c2cccc(C(=O)O)c2)cc1OCCCCCCCCCC. The molecule has 0 saturated carbocycles. The highest BCUT2D eigenvalue weighted by Crippen LogP contribution is 2.36. The van der Waals surface area contributed by atoms with Crippen LogP contribution in [0.3, 0.4) is 0 Å². The Morgan fingerprint density at radius 2 is 1.10 bits per heavy atom. The molecule has 0 fully saturated rings. The number of hydrogen-bond acceptors (Lipinski definition) is 5. The summed E-state index contributed by atoms with van der Waals surface area (Å²) in [5.41, 5.74) is 1.76. The molecule has 0 spiro atoms. The minimum atomic E-state index is -1.12. The summed E-state index contributed by atoms with van der Waals surface area (Å²) in [5, 5.41) is 19.4. The molecule has 7 heteroatoms. The zero-order valence-electron chi connectivity index (χ0n) is 29.1. The predicted octanol–water partition coefficient (Wildman–Crippen LogP) is 11.4. The largest absolute Gasteiger partial charge is 0.490 e. The Hall–Kier alpha value is -4.00. The minimum absolute atomic E-state index is 0.0362. The van der Waals surface area contributed by atoms with Gasteiger partial charge in [0.15, 0.2) is 11.5 Å². The normalized spacial score (nSPS) is 11.0. The molecule has 0 aliphatic carbocycles. The Balaban J connectivity index is 1.68. The molecule has 0 aliphatic heterocycles. The fourth-order valence-corrected chi connectivity index (χ4v) is 5.81. The third-order valence-electron chi connectivity index (χ3n) is 8.57. The van der Waals surface area contributed by atoms with Crippen LogP contribution in [0.15, 0.2) is 60.7 Å². The van der Waals surface area contributed by atoms with Gasteiger partial charge in [0.25, 0.3) is 0 Å². The van der Waals surface area contributed by atoms with Crippen molar-refractivity contribution in [1.82, 2.24) is 0 Å². The van der Waals surface area contributed by atoms with E-state index in [0.717, 1.165) is 37.0 Å². The van der Waals surface area contributed by atoms with E-state index in [4.69, 9.17) is 14.2 Å². The highest BCUT2D eigenvalue weighted by Gasteiger charge is 2.19. The first kappa shape index (κ1) is 38.4. The molecule has 7 nitrogen and oxygen atoms in total. The van der Waals surface area contributed by atoms with Crippen molar-refractivity contribution < 1.29 is 34.0 Å². The van der Waals surface area contributed by atoms with Crippen LogP contribution in [-0.2, 0) is 6.61 Å². The second-order valence-corrected chi connectivity index (χ2v) is 12.6. The lowest BCUT2D eigenvalue weighted by molar-refractivity contribution is 0.0687. The van der Waals surface area contributed by atoms with Crippen LogP contribution in [0.4, 0.5) is 0 Å². The summed E-state index contributed by atoms with van der Waals surface area (Å²) in [6.45, 7) is 5.90. The number of benzene rings is 3. The van der Waals surface area contributed by atoms with Gasteiger partial charge in [-0.05, 0) is 60.4 Å². The number of rotatable bonds is 26. The van der Waals surface area contributed by atoms with Gasteiger partial charge in [0.05, 0.1) is 24.3 Å². The molecule has 48 heavy (non-hydrogen) atoms. The van der Waals surface area contributed by atoms with Crippen LogP contribution in [-0.4, -0.2) is 35.4 Å². The molecule has 3 aromatic rings. The van der Waals surface area contributed by atoms with Crippen molar-refractivity contribution in [2.24, 2.45) is 0 Å². The highest BCUT2D eigenvalue weighted by atomic mass is 16.5. The van der Waals surface area contributed by atoms with E-state index in [1.165, 1.54) is 95.2 Å². The molecule has 0 atom stereocenters. The summed E-state index contributed by atoms with van der Waals surface area (Å²) in [6, 6.07) is 16.9. The van der Waals surface area contributed by atoms with E-state index in [1.807, 2.05) is 18.2 Å². The lowest BCUT2D eigenvalue weighted by Crippen LogP contribution is -2.06. The maximum atomic E-state index is 12.1. The number of unbranched alkanes of at least 4 members (excludes halogenated alkanes) is 14. The molecule has 3 aromatic carbocycles. The lowest BCUT2D eigenvalue weighted by Gasteiger charge is -2.17. The van der Waals surface area contributed by atoms with E-state index in [1.54, 1.807) is 24.3 Å². The number of carbonyl (C=O) groups is 2. The molecule has 0 amide bonds. The van der Waals surface area contributed by atoms with Gasteiger partial charge in [-0.1, -0.05) is 128 Å². The summed E-state index contributed by atoms with van der Waals surface area (Å²) < 4.78 is 18.7. The maximum Gasteiger partial charge on any atom is 0.336 e. The van der Waals surface area contributed by atoms with Crippen molar-refractivity contribution in [3.8, 4) is 28.4 Å². The molecule has 0 saturated heterocycles. The van der Waals surface area contributed by atoms with Gasteiger partial charge < -0.3 is 24.4 Å². The van der Waals surface area contributed by atoms with Gasteiger partial charge in [0.1, 0.15) is 12.4 Å². The second kappa shape index (κ2) is 22.5. The molecule has 0 heterocycles. The molecule has 0 radical (unpaired) electrons. The first-order valence-electron chi connectivity index (χ1n) is 18.2. The summed E-state index contributed by atoms with van der Waals surface area (Å²) in [6.07, 6.45) is 19.7. The molecule has 262 valence electrons. The van der Waals surface area contributed by atoms with Crippen molar-refractivity contribution in [2.45, 2.75) is 123 Å². The van der Waals surface area contributed by atoms with Gasteiger partial charge >= 0.3 is 11.9 Å². The van der Waals surface area contributed by atoms with Gasteiger partial charge in [0.2, 0.25) is 0 Å². The predicted molar refractivity (Wildman–Crippen MR) is 193 cm³/mol. The quantitative estimate of drug-likeness (QED) is 0.0826. The molecule has 2 N–H and O–H groups in total. The fourth-order valence-electron chi connectivity index (χ4n) is 5.81. The number of ether oxygens (including phenoxy) is 3. The van der Waals surface area contributed by atoms with E-state index in [2.05, 4.69) is 13.8 Å². The molecule has 0 aliphatic rings. The van der Waals surface area contributed by atoms with Gasteiger partial charge in [-0.2, -0.15) is 0 Å². The van der Waals surface area contributed by atoms with E-state index >= 15 is 0 Å². The molecular formula is C41H56O7. The molecule has 3 rings (SSSR count). The van der Waals surface area contributed by atoms with E-state index in [9.17, 15) is 19.8 Å².